The summed E-state index contributed by atoms with van der Waals surface area (Å²) < 4.78 is 5.40. The molecule has 0 amide bonds. The molecule has 1 saturated heterocycles. The molecule has 1 aliphatic rings. The lowest BCUT2D eigenvalue weighted by Crippen LogP contribution is -2.44. The van der Waals surface area contributed by atoms with Crippen LogP contribution >= 0.6 is 0 Å². The van der Waals surface area contributed by atoms with Gasteiger partial charge in [0.2, 0.25) is 0 Å². The first-order valence-corrected chi connectivity index (χ1v) is 7.39. The second kappa shape index (κ2) is 6.91. The van der Waals surface area contributed by atoms with Crippen LogP contribution in [0.2, 0.25) is 0 Å². The molecule has 0 radical (unpaired) electrons. The Hall–Kier alpha value is -1.59. The number of nitrogens with zero attached hydrogens (tertiary/aromatic N) is 1. The van der Waals surface area contributed by atoms with Gasteiger partial charge in [-0.25, -0.2) is 0 Å². The number of carbonyl (C=O) groups is 1. The highest BCUT2D eigenvalue weighted by Crippen LogP contribution is 2.30. The molecule has 1 aromatic rings. The molecular weight excluding hydrogens is 270 g/mol. The van der Waals surface area contributed by atoms with Gasteiger partial charge in [0.15, 0.2) is 0 Å². The Labute approximate surface area is 125 Å². The first-order valence-electron chi connectivity index (χ1n) is 7.39. The third-order valence-corrected chi connectivity index (χ3v) is 4.13. The van der Waals surface area contributed by atoms with Gasteiger partial charge in [-0.3, -0.25) is 9.69 Å². The SMILES string of the molecule is CCCN(C(C)c1cccc(O)c1)C1COCC1C(=O)O. The number of phenolic OH excluding ortho intramolecular Hbond substituents is 1. The van der Waals surface area contributed by atoms with Crippen molar-refractivity contribution in [3.63, 3.8) is 0 Å². The van der Waals surface area contributed by atoms with Crippen molar-refractivity contribution in [3.05, 3.63) is 29.8 Å². The van der Waals surface area contributed by atoms with Gasteiger partial charge in [-0.05, 0) is 37.6 Å². The van der Waals surface area contributed by atoms with E-state index in [-0.39, 0.29) is 24.4 Å². The van der Waals surface area contributed by atoms with Crippen molar-refractivity contribution in [1.29, 1.82) is 0 Å². The number of aromatic hydroxyl groups is 1. The molecule has 2 rings (SSSR count). The van der Waals surface area contributed by atoms with Crippen molar-refractivity contribution in [1.82, 2.24) is 4.90 Å². The van der Waals surface area contributed by atoms with Gasteiger partial charge in [-0.1, -0.05) is 19.1 Å². The average Bonchev–Trinajstić information content (AvgIpc) is 2.93. The zero-order valence-corrected chi connectivity index (χ0v) is 12.5. The zero-order valence-electron chi connectivity index (χ0n) is 12.5. The Kier molecular flexibility index (Phi) is 5.20. The van der Waals surface area contributed by atoms with Crippen LogP contribution in [0.1, 0.15) is 31.9 Å². The summed E-state index contributed by atoms with van der Waals surface area (Å²) >= 11 is 0. The molecule has 2 N–H and O–H groups in total. The Morgan fingerprint density at radius 2 is 2.24 bits per heavy atom. The summed E-state index contributed by atoms with van der Waals surface area (Å²) in [4.78, 5) is 13.6. The molecule has 1 aromatic carbocycles. The van der Waals surface area contributed by atoms with Crippen LogP contribution in [-0.2, 0) is 9.53 Å². The summed E-state index contributed by atoms with van der Waals surface area (Å²) in [7, 11) is 0. The van der Waals surface area contributed by atoms with Crippen molar-refractivity contribution < 1.29 is 19.7 Å². The predicted molar refractivity (Wildman–Crippen MR) is 79.3 cm³/mol. The van der Waals surface area contributed by atoms with Crippen LogP contribution < -0.4 is 0 Å². The first kappa shape index (κ1) is 15.8. The number of hydrogen-bond donors (Lipinski definition) is 2. The van der Waals surface area contributed by atoms with E-state index in [1.54, 1.807) is 12.1 Å². The third kappa shape index (κ3) is 3.54. The van der Waals surface area contributed by atoms with Crippen molar-refractivity contribution in [3.8, 4) is 5.75 Å². The molecule has 0 spiro atoms. The Morgan fingerprint density at radius 1 is 1.48 bits per heavy atom. The molecule has 1 fully saturated rings. The highest BCUT2D eigenvalue weighted by molar-refractivity contribution is 5.71. The fraction of sp³-hybridized carbons (Fsp3) is 0.562. The van der Waals surface area contributed by atoms with Gasteiger partial charge in [0, 0.05) is 12.1 Å². The van der Waals surface area contributed by atoms with Gasteiger partial charge >= 0.3 is 5.97 Å². The summed E-state index contributed by atoms with van der Waals surface area (Å²) in [6.07, 6.45) is 0.937. The summed E-state index contributed by atoms with van der Waals surface area (Å²) in [6.45, 7) is 5.64. The van der Waals surface area contributed by atoms with Crippen molar-refractivity contribution >= 4 is 5.97 Å². The molecule has 5 heteroatoms. The topological polar surface area (TPSA) is 70.0 Å². The Balaban J connectivity index is 2.23. The Morgan fingerprint density at radius 3 is 2.86 bits per heavy atom. The van der Waals surface area contributed by atoms with Gasteiger partial charge in [-0.15, -0.1) is 0 Å². The van der Waals surface area contributed by atoms with E-state index in [0.717, 1.165) is 18.5 Å². The van der Waals surface area contributed by atoms with Crippen LogP contribution in [-0.4, -0.2) is 46.9 Å². The largest absolute Gasteiger partial charge is 0.508 e. The van der Waals surface area contributed by atoms with E-state index in [1.165, 1.54) is 0 Å². The smallest absolute Gasteiger partial charge is 0.310 e. The van der Waals surface area contributed by atoms with Crippen LogP contribution in [0.3, 0.4) is 0 Å². The maximum atomic E-state index is 11.4. The molecule has 1 aliphatic heterocycles. The van der Waals surface area contributed by atoms with E-state index in [2.05, 4.69) is 11.8 Å². The molecule has 3 unspecified atom stereocenters. The van der Waals surface area contributed by atoms with E-state index in [0.29, 0.717) is 6.61 Å². The lowest BCUT2D eigenvalue weighted by atomic mass is 9.97. The molecule has 5 nitrogen and oxygen atoms in total. The average molecular weight is 293 g/mol. The Bertz CT molecular complexity index is 491. The minimum absolute atomic E-state index is 0.0330. The zero-order chi connectivity index (χ0) is 15.4. The maximum absolute atomic E-state index is 11.4. The van der Waals surface area contributed by atoms with Crippen molar-refractivity contribution in [2.45, 2.75) is 32.4 Å². The monoisotopic (exact) mass is 293 g/mol. The van der Waals surface area contributed by atoms with Crippen LogP contribution in [0.25, 0.3) is 0 Å². The number of carboxylic acids is 1. The van der Waals surface area contributed by atoms with Gasteiger partial charge in [-0.2, -0.15) is 0 Å². The molecule has 1 heterocycles. The lowest BCUT2D eigenvalue weighted by Gasteiger charge is -2.35. The molecule has 0 aliphatic carbocycles. The molecule has 0 aromatic heterocycles. The molecule has 0 saturated carbocycles. The number of ether oxygens (including phenoxy) is 1. The third-order valence-electron chi connectivity index (χ3n) is 4.13. The minimum Gasteiger partial charge on any atom is -0.508 e. The quantitative estimate of drug-likeness (QED) is 0.842. The predicted octanol–water partition coefficient (Wildman–Crippen LogP) is 2.26. The number of benzene rings is 1. The van der Waals surface area contributed by atoms with Gasteiger partial charge < -0.3 is 14.9 Å². The fourth-order valence-electron chi connectivity index (χ4n) is 2.99. The van der Waals surface area contributed by atoms with E-state index in [1.807, 2.05) is 19.1 Å². The lowest BCUT2D eigenvalue weighted by molar-refractivity contribution is -0.143. The summed E-state index contributed by atoms with van der Waals surface area (Å²) in [5.74, 6) is -1.06. The standard InChI is InChI=1S/C16H23NO4/c1-3-7-17(15-10-21-9-14(15)16(19)20)11(2)12-5-4-6-13(18)8-12/h4-6,8,11,14-15,18H,3,7,9-10H2,1-2H3,(H,19,20). The van der Waals surface area contributed by atoms with Gasteiger partial charge in [0.25, 0.3) is 0 Å². The highest BCUT2D eigenvalue weighted by Gasteiger charge is 2.39. The molecule has 21 heavy (non-hydrogen) atoms. The van der Waals surface area contributed by atoms with E-state index >= 15 is 0 Å². The van der Waals surface area contributed by atoms with Crippen LogP contribution in [0.15, 0.2) is 24.3 Å². The normalized spacial score (nSPS) is 23.4. The maximum Gasteiger partial charge on any atom is 0.310 e. The number of phenols is 1. The number of hydrogen-bond acceptors (Lipinski definition) is 4. The van der Waals surface area contributed by atoms with Crippen molar-refractivity contribution in [2.24, 2.45) is 5.92 Å². The second-order valence-corrected chi connectivity index (χ2v) is 5.56. The molecule has 116 valence electrons. The molecule has 3 atom stereocenters. The highest BCUT2D eigenvalue weighted by atomic mass is 16.5. The molecule has 0 bridgehead atoms. The van der Waals surface area contributed by atoms with E-state index in [4.69, 9.17) is 4.74 Å². The number of carboxylic acid groups (broad SMARTS) is 1. The minimum atomic E-state index is -0.804. The van der Waals surface area contributed by atoms with E-state index < -0.39 is 11.9 Å². The van der Waals surface area contributed by atoms with Crippen LogP contribution in [0.5, 0.6) is 5.75 Å². The number of aliphatic carboxylic acids is 1. The van der Waals surface area contributed by atoms with Crippen LogP contribution in [0.4, 0.5) is 0 Å². The summed E-state index contributed by atoms with van der Waals surface area (Å²) in [5.41, 5.74) is 0.986. The van der Waals surface area contributed by atoms with E-state index in [9.17, 15) is 15.0 Å². The molecular formula is C16H23NO4. The summed E-state index contributed by atoms with van der Waals surface area (Å²) in [6, 6.07) is 7.05. The summed E-state index contributed by atoms with van der Waals surface area (Å²) in [5, 5.41) is 19.0. The van der Waals surface area contributed by atoms with Crippen molar-refractivity contribution in [2.75, 3.05) is 19.8 Å². The van der Waals surface area contributed by atoms with Gasteiger partial charge in [0.1, 0.15) is 5.75 Å². The first-order chi connectivity index (χ1) is 10.0. The second-order valence-electron chi connectivity index (χ2n) is 5.56. The number of rotatable bonds is 6. The van der Waals surface area contributed by atoms with Gasteiger partial charge in [0.05, 0.1) is 19.1 Å². The van der Waals surface area contributed by atoms with Crippen LogP contribution in [0, 0.1) is 5.92 Å². The fourth-order valence-corrected chi connectivity index (χ4v) is 2.99.